The summed E-state index contributed by atoms with van der Waals surface area (Å²) in [7, 11) is 0. The first-order valence-electron chi connectivity index (χ1n) is 5.07. The third-order valence-corrected chi connectivity index (χ3v) is 2.65. The Kier molecular flexibility index (Phi) is 4.46. The van der Waals surface area contributed by atoms with Crippen LogP contribution in [0.25, 0.3) is 0 Å². The van der Waals surface area contributed by atoms with Crippen molar-refractivity contribution in [1.29, 1.82) is 0 Å². The van der Waals surface area contributed by atoms with Crippen LogP contribution in [0.3, 0.4) is 0 Å². The number of hydrogen-bond acceptors (Lipinski definition) is 3. The Labute approximate surface area is 84.7 Å². The normalized spacial score (nSPS) is 22.6. The van der Waals surface area contributed by atoms with E-state index in [1.165, 1.54) is 6.42 Å². The molecule has 0 unspecified atom stereocenters. The summed E-state index contributed by atoms with van der Waals surface area (Å²) in [5.74, 6) is 4.90. The van der Waals surface area contributed by atoms with Crippen LogP contribution in [0.1, 0.15) is 32.1 Å². The maximum atomic E-state index is 11.3. The average molecular weight is 198 g/mol. The zero-order valence-electron chi connectivity index (χ0n) is 8.45. The van der Waals surface area contributed by atoms with Crippen LogP contribution in [-0.2, 0) is 4.84 Å². The molecule has 0 saturated carbocycles. The highest BCUT2D eigenvalue weighted by molar-refractivity contribution is 5.67. The molecule has 14 heavy (non-hydrogen) atoms. The molecule has 1 rings (SSSR count). The summed E-state index contributed by atoms with van der Waals surface area (Å²) in [6.07, 6.45) is 6.61. The third kappa shape index (κ3) is 2.73. The highest BCUT2D eigenvalue weighted by Gasteiger charge is 2.25. The van der Waals surface area contributed by atoms with E-state index in [4.69, 9.17) is 5.90 Å². The van der Waals surface area contributed by atoms with Crippen LogP contribution in [0.2, 0.25) is 0 Å². The van der Waals surface area contributed by atoms with Crippen molar-refractivity contribution >= 4 is 6.09 Å². The fourth-order valence-corrected chi connectivity index (χ4v) is 1.92. The molecule has 1 aliphatic heterocycles. The van der Waals surface area contributed by atoms with E-state index >= 15 is 0 Å². The van der Waals surface area contributed by atoms with E-state index < -0.39 is 6.09 Å². The van der Waals surface area contributed by atoms with Crippen molar-refractivity contribution in [3.63, 3.8) is 0 Å². The Morgan fingerprint density at radius 2 is 2.36 bits per heavy atom. The lowest BCUT2D eigenvalue weighted by Crippen LogP contribution is -2.41. The zero-order valence-corrected chi connectivity index (χ0v) is 8.45. The van der Waals surface area contributed by atoms with Crippen molar-refractivity contribution in [1.82, 2.24) is 4.90 Å². The molecule has 1 aliphatic rings. The molecule has 0 aliphatic carbocycles. The van der Waals surface area contributed by atoms with E-state index in [1.54, 1.807) is 4.90 Å². The summed E-state index contributed by atoms with van der Waals surface area (Å²) < 4.78 is 0. The summed E-state index contributed by atoms with van der Waals surface area (Å²) in [5, 5.41) is 0. The Bertz CT molecular complexity index is 206. The molecule has 2 N–H and O–H groups in total. The van der Waals surface area contributed by atoms with E-state index in [0.29, 0.717) is 0 Å². The molecule has 1 amide bonds. The average Bonchev–Trinajstić information content (AvgIpc) is 2.43. The second kappa shape index (κ2) is 5.65. The summed E-state index contributed by atoms with van der Waals surface area (Å²) in [6.45, 7) is 4.44. The fraction of sp³-hybridized carbons (Fsp3) is 0.700. The number of amides is 1. The van der Waals surface area contributed by atoms with Crippen molar-refractivity contribution in [2.45, 2.75) is 38.1 Å². The quantitative estimate of drug-likeness (QED) is 0.544. The number of nitrogens with two attached hydrogens (primary N) is 1. The van der Waals surface area contributed by atoms with Gasteiger partial charge in [-0.15, -0.1) is 6.58 Å². The Morgan fingerprint density at radius 1 is 1.57 bits per heavy atom. The molecule has 1 atom stereocenters. The van der Waals surface area contributed by atoms with Gasteiger partial charge in [0, 0.05) is 12.6 Å². The van der Waals surface area contributed by atoms with Crippen LogP contribution in [0, 0.1) is 0 Å². The van der Waals surface area contributed by atoms with Gasteiger partial charge in [0.1, 0.15) is 0 Å². The van der Waals surface area contributed by atoms with Gasteiger partial charge in [0.25, 0.3) is 0 Å². The van der Waals surface area contributed by atoms with Crippen molar-refractivity contribution < 1.29 is 9.63 Å². The molecule has 0 radical (unpaired) electrons. The smallest absolute Gasteiger partial charge is 0.357 e. The largest absolute Gasteiger partial charge is 0.428 e. The van der Waals surface area contributed by atoms with Gasteiger partial charge in [-0.2, -0.15) is 5.90 Å². The van der Waals surface area contributed by atoms with E-state index in [1.807, 2.05) is 6.08 Å². The topological polar surface area (TPSA) is 55.6 Å². The lowest BCUT2D eigenvalue weighted by atomic mass is 10.1. The first-order valence-corrected chi connectivity index (χ1v) is 5.07. The van der Waals surface area contributed by atoms with E-state index in [2.05, 4.69) is 11.4 Å². The molecule has 1 saturated heterocycles. The van der Waals surface area contributed by atoms with Crippen LogP contribution in [0.4, 0.5) is 4.79 Å². The Balaban J connectivity index is 2.62. The van der Waals surface area contributed by atoms with Crippen LogP contribution in [-0.4, -0.2) is 23.6 Å². The molecule has 4 nitrogen and oxygen atoms in total. The first-order chi connectivity index (χ1) is 6.79. The van der Waals surface area contributed by atoms with Gasteiger partial charge in [-0.05, 0) is 19.3 Å². The molecule has 1 fully saturated rings. The molecule has 80 valence electrons. The predicted octanol–water partition coefficient (Wildman–Crippen LogP) is 1.82. The molecular weight excluding hydrogens is 180 g/mol. The molecule has 4 heteroatoms. The van der Waals surface area contributed by atoms with Gasteiger partial charge in [-0.25, -0.2) is 4.79 Å². The standard InChI is InChI=1S/C10H18N2O2/c1-2-6-9-7-4-3-5-8-12(9)10(13)14-11/h2,9H,1,3-8,11H2/t9-/m0/s1. The monoisotopic (exact) mass is 198 g/mol. The minimum atomic E-state index is -0.418. The second-order valence-corrected chi connectivity index (χ2v) is 3.60. The number of carbonyl (C=O) groups excluding carboxylic acids is 1. The highest BCUT2D eigenvalue weighted by Crippen LogP contribution is 2.19. The van der Waals surface area contributed by atoms with Crippen LogP contribution in [0.15, 0.2) is 12.7 Å². The number of rotatable bonds is 2. The predicted molar refractivity (Wildman–Crippen MR) is 54.4 cm³/mol. The van der Waals surface area contributed by atoms with Crippen molar-refractivity contribution in [2.75, 3.05) is 6.54 Å². The molecule has 0 aromatic carbocycles. The maximum absolute atomic E-state index is 11.3. The molecule has 0 aromatic heterocycles. The van der Waals surface area contributed by atoms with Crippen molar-refractivity contribution in [2.24, 2.45) is 5.90 Å². The summed E-state index contributed by atoms with van der Waals surface area (Å²) in [6, 6.07) is 0.214. The SMILES string of the molecule is C=CC[C@H]1CCCCCN1C(=O)ON. The van der Waals surface area contributed by atoms with Gasteiger partial charge in [-0.1, -0.05) is 18.9 Å². The minimum absolute atomic E-state index is 0.214. The van der Waals surface area contributed by atoms with Crippen molar-refractivity contribution in [3.8, 4) is 0 Å². The highest BCUT2D eigenvalue weighted by atomic mass is 16.7. The van der Waals surface area contributed by atoms with Crippen LogP contribution < -0.4 is 5.90 Å². The van der Waals surface area contributed by atoms with Gasteiger partial charge in [0.15, 0.2) is 0 Å². The second-order valence-electron chi connectivity index (χ2n) is 3.60. The van der Waals surface area contributed by atoms with Crippen molar-refractivity contribution in [3.05, 3.63) is 12.7 Å². The molecule has 0 bridgehead atoms. The van der Waals surface area contributed by atoms with Gasteiger partial charge in [0.05, 0.1) is 0 Å². The van der Waals surface area contributed by atoms with Gasteiger partial charge < -0.3 is 9.74 Å². The lowest BCUT2D eigenvalue weighted by molar-refractivity contribution is 0.0875. The molecule has 1 heterocycles. The molecule has 0 aromatic rings. The number of carbonyl (C=O) groups is 1. The lowest BCUT2D eigenvalue weighted by Gasteiger charge is -2.27. The van der Waals surface area contributed by atoms with E-state index in [0.717, 1.165) is 32.2 Å². The first kappa shape index (κ1) is 11.0. The van der Waals surface area contributed by atoms with Gasteiger partial charge in [0.2, 0.25) is 0 Å². The van der Waals surface area contributed by atoms with Crippen LogP contribution in [0.5, 0.6) is 0 Å². The Morgan fingerprint density at radius 3 is 3.00 bits per heavy atom. The number of nitrogens with zero attached hydrogens (tertiary/aromatic N) is 1. The number of hydrogen-bond donors (Lipinski definition) is 1. The third-order valence-electron chi connectivity index (χ3n) is 2.65. The number of likely N-dealkylation sites (tertiary alicyclic amines) is 1. The Hall–Kier alpha value is -1.03. The summed E-state index contributed by atoms with van der Waals surface area (Å²) in [5.41, 5.74) is 0. The zero-order chi connectivity index (χ0) is 10.4. The van der Waals surface area contributed by atoms with E-state index in [9.17, 15) is 4.79 Å². The van der Waals surface area contributed by atoms with Gasteiger partial charge in [-0.3, -0.25) is 0 Å². The maximum Gasteiger partial charge on any atom is 0.428 e. The fourth-order valence-electron chi connectivity index (χ4n) is 1.92. The summed E-state index contributed by atoms with van der Waals surface area (Å²) >= 11 is 0. The van der Waals surface area contributed by atoms with E-state index in [-0.39, 0.29) is 6.04 Å². The minimum Gasteiger partial charge on any atom is -0.357 e. The molecule has 0 spiro atoms. The van der Waals surface area contributed by atoms with Gasteiger partial charge >= 0.3 is 6.09 Å². The van der Waals surface area contributed by atoms with Crippen LogP contribution >= 0.6 is 0 Å². The summed E-state index contributed by atoms with van der Waals surface area (Å²) in [4.78, 5) is 17.3. The molecular formula is C10H18N2O2.